The van der Waals surface area contributed by atoms with Crippen molar-refractivity contribution in [3.63, 3.8) is 0 Å². The number of carbonyl (C=O) groups is 1. The Morgan fingerprint density at radius 3 is 2.93 bits per heavy atom. The topological polar surface area (TPSA) is 65.4 Å². The molecular formula is C20H19F2N3O3. The van der Waals surface area contributed by atoms with E-state index in [0.29, 0.717) is 42.9 Å². The van der Waals surface area contributed by atoms with Gasteiger partial charge in [-0.15, -0.1) is 0 Å². The fourth-order valence-corrected chi connectivity index (χ4v) is 3.45. The molecule has 0 fully saturated rings. The number of carbonyl (C=O) groups excluding carboxylic acids is 1. The van der Waals surface area contributed by atoms with Crippen LogP contribution in [-0.4, -0.2) is 35.8 Å². The Kier molecular flexibility index (Phi) is 5.06. The monoisotopic (exact) mass is 387 g/mol. The summed E-state index contributed by atoms with van der Waals surface area (Å²) in [6, 6.07) is 9.12. The van der Waals surface area contributed by atoms with E-state index in [1.165, 1.54) is 13.2 Å². The van der Waals surface area contributed by atoms with Crippen LogP contribution in [0.5, 0.6) is 0 Å². The third-order valence-corrected chi connectivity index (χ3v) is 4.78. The van der Waals surface area contributed by atoms with Crippen LogP contribution < -0.4 is 5.32 Å². The fourth-order valence-electron chi connectivity index (χ4n) is 3.45. The smallest absolute Gasteiger partial charge is 0.337 e. The number of rotatable bonds is 5. The van der Waals surface area contributed by atoms with Crippen molar-refractivity contribution in [1.29, 1.82) is 0 Å². The van der Waals surface area contributed by atoms with Crippen LogP contribution in [0.15, 0.2) is 36.4 Å². The SMILES string of the molecule is COC(=O)c1ccc2c(c1)nc1n2[C@@H](CNCc2ccc(F)c(F)c2)COC1. The first-order valence-electron chi connectivity index (χ1n) is 8.88. The Bertz CT molecular complexity index is 1030. The molecule has 0 radical (unpaired) electrons. The number of esters is 1. The molecule has 0 unspecified atom stereocenters. The first-order valence-corrected chi connectivity index (χ1v) is 8.88. The molecule has 8 heteroatoms. The van der Waals surface area contributed by atoms with E-state index in [4.69, 9.17) is 9.47 Å². The number of nitrogens with zero attached hydrogens (tertiary/aromatic N) is 2. The van der Waals surface area contributed by atoms with E-state index in [0.717, 1.165) is 17.4 Å². The third-order valence-electron chi connectivity index (χ3n) is 4.78. The third kappa shape index (κ3) is 3.48. The number of imidazole rings is 1. The molecule has 0 aliphatic carbocycles. The number of nitrogens with one attached hydrogen (secondary N) is 1. The zero-order chi connectivity index (χ0) is 19.7. The van der Waals surface area contributed by atoms with E-state index in [9.17, 15) is 13.6 Å². The lowest BCUT2D eigenvalue weighted by Crippen LogP contribution is -2.32. The maximum atomic E-state index is 13.3. The summed E-state index contributed by atoms with van der Waals surface area (Å²) in [5.41, 5.74) is 2.72. The van der Waals surface area contributed by atoms with Crippen LogP contribution in [0.3, 0.4) is 0 Å². The molecule has 1 N–H and O–H groups in total. The Labute approximate surface area is 160 Å². The zero-order valence-electron chi connectivity index (χ0n) is 15.2. The summed E-state index contributed by atoms with van der Waals surface area (Å²) in [7, 11) is 1.34. The van der Waals surface area contributed by atoms with Gasteiger partial charge in [-0.25, -0.2) is 18.6 Å². The van der Waals surface area contributed by atoms with E-state index in [1.807, 2.05) is 6.07 Å². The summed E-state index contributed by atoms with van der Waals surface area (Å²) in [5, 5.41) is 3.26. The molecule has 2 heterocycles. The van der Waals surface area contributed by atoms with E-state index >= 15 is 0 Å². The normalized spacial score (nSPS) is 16.2. The highest BCUT2D eigenvalue weighted by molar-refractivity contribution is 5.93. The van der Waals surface area contributed by atoms with Crippen LogP contribution in [0, 0.1) is 11.6 Å². The maximum Gasteiger partial charge on any atom is 0.337 e. The Morgan fingerprint density at radius 1 is 1.29 bits per heavy atom. The van der Waals surface area contributed by atoms with E-state index < -0.39 is 17.6 Å². The highest BCUT2D eigenvalue weighted by Gasteiger charge is 2.24. The van der Waals surface area contributed by atoms with Crippen LogP contribution in [-0.2, 0) is 22.6 Å². The Hall–Kier alpha value is -2.84. The first-order chi connectivity index (χ1) is 13.6. The number of hydrogen-bond donors (Lipinski definition) is 1. The zero-order valence-corrected chi connectivity index (χ0v) is 15.2. The lowest BCUT2D eigenvalue weighted by atomic mass is 10.2. The average molecular weight is 387 g/mol. The number of hydrogen-bond acceptors (Lipinski definition) is 5. The van der Waals surface area contributed by atoms with E-state index in [2.05, 4.69) is 14.9 Å². The quantitative estimate of drug-likeness (QED) is 0.682. The maximum absolute atomic E-state index is 13.3. The Morgan fingerprint density at radius 2 is 2.14 bits per heavy atom. The molecule has 0 saturated carbocycles. The molecule has 0 spiro atoms. The molecule has 2 aromatic carbocycles. The summed E-state index contributed by atoms with van der Waals surface area (Å²) in [6.45, 7) is 1.86. The van der Waals surface area contributed by atoms with Crippen molar-refractivity contribution in [1.82, 2.24) is 14.9 Å². The van der Waals surface area contributed by atoms with E-state index in [1.54, 1.807) is 18.2 Å². The minimum Gasteiger partial charge on any atom is -0.465 e. The lowest BCUT2D eigenvalue weighted by molar-refractivity contribution is 0.0564. The van der Waals surface area contributed by atoms with Crippen LogP contribution in [0.1, 0.15) is 27.8 Å². The van der Waals surface area contributed by atoms with Gasteiger partial charge >= 0.3 is 5.97 Å². The summed E-state index contributed by atoms with van der Waals surface area (Å²) in [4.78, 5) is 16.3. The highest BCUT2D eigenvalue weighted by Crippen LogP contribution is 2.26. The minimum absolute atomic E-state index is 0.0111. The minimum atomic E-state index is -0.857. The molecule has 1 atom stereocenters. The van der Waals surface area contributed by atoms with Crippen LogP contribution in [0.4, 0.5) is 8.78 Å². The number of fused-ring (bicyclic) bond motifs is 3. The molecule has 0 amide bonds. The van der Waals surface area contributed by atoms with Gasteiger partial charge in [-0.2, -0.15) is 0 Å². The second kappa shape index (κ2) is 7.65. The van der Waals surface area contributed by atoms with Crippen molar-refractivity contribution in [2.75, 3.05) is 20.3 Å². The first kappa shape index (κ1) is 18.5. The van der Waals surface area contributed by atoms with Gasteiger partial charge in [0, 0.05) is 13.1 Å². The number of halogens is 2. The number of aromatic nitrogens is 2. The Balaban J connectivity index is 1.52. The summed E-state index contributed by atoms with van der Waals surface area (Å²) < 4.78 is 38.9. The molecule has 6 nitrogen and oxygen atoms in total. The largest absolute Gasteiger partial charge is 0.465 e. The predicted molar refractivity (Wildman–Crippen MR) is 97.8 cm³/mol. The average Bonchev–Trinajstić information content (AvgIpc) is 3.08. The molecule has 1 aliphatic heterocycles. The summed E-state index contributed by atoms with van der Waals surface area (Å²) >= 11 is 0. The highest BCUT2D eigenvalue weighted by atomic mass is 19.2. The summed E-state index contributed by atoms with van der Waals surface area (Å²) in [5.74, 6) is -1.34. The van der Waals surface area contributed by atoms with Crippen molar-refractivity contribution >= 4 is 17.0 Å². The molecule has 0 bridgehead atoms. The van der Waals surface area contributed by atoms with Crippen molar-refractivity contribution in [3.8, 4) is 0 Å². The second-order valence-corrected chi connectivity index (χ2v) is 6.64. The van der Waals surface area contributed by atoms with Gasteiger partial charge in [0.05, 0.1) is 36.4 Å². The van der Waals surface area contributed by atoms with Crippen LogP contribution in [0.25, 0.3) is 11.0 Å². The van der Waals surface area contributed by atoms with Gasteiger partial charge in [-0.05, 0) is 35.9 Å². The van der Waals surface area contributed by atoms with Gasteiger partial charge in [0.15, 0.2) is 11.6 Å². The molecule has 0 saturated heterocycles. The molecule has 1 aromatic heterocycles. The van der Waals surface area contributed by atoms with Gasteiger partial charge in [0.25, 0.3) is 0 Å². The molecule has 146 valence electrons. The van der Waals surface area contributed by atoms with Crippen LogP contribution >= 0.6 is 0 Å². The predicted octanol–water partition coefficient (Wildman–Crippen LogP) is 2.96. The second-order valence-electron chi connectivity index (χ2n) is 6.64. The molecule has 28 heavy (non-hydrogen) atoms. The van der Waals surface area contributed by atoms with Crippen molar-refractivity contribution < 1.29 is 23.0 Å². The lowest BCUT2D eigenvalue weighted by Gasteiger charge is -2.26. The summed E-state index contributed by atoms with van der Waals surface area (Å²) in [6.07, 6.45) is 0. The van der Waals surface area contributed by atoms with Gasteiger partial charge < -0.3 is 19.4 Å². The van der Waals surface area contributed by atoms with Gasteiger partial charge in [0.2, 0.25) is 0 Å². The van der Waals surface area contributed by atoms with Crippen molar-refractivity contribution in [2.45, 2.75) is 19.2 Å². The molecule has 4 rings (SSSR count). The van der Waals surface area contributed by atoms with Gasteiger partial charge in [-0.1, -0.05) is 6.07 Å². The van der Waals surface area contributed by atoms with Crippen LogP contribution in [0.2, 0.25) is 0 Å². The molecule has 1 aliphatic rings. The van der Waals surface area contributed by atoms with Crippen molar-refractivity contribution in [3.05, 3.63) is 65.0 Å². The number of ether oxygens (including phenoxy) is 2. The molecule has 3 aromatic rings. The number of benzene rings is 2. The van der Waals surface area contributed by atoms with Gasteiger partial charge in [-0.3, -0.25) is 0 Å². The van der Waals surface area contributed by atoms with Gasteiger partial charge in [0.1, 0.15) is 12.4 Å². The van der Waals surface area contributed by atoms with E-state index in [-0.39, 0.29) is 6.04 Å². The standard InChI is InChI=1S/C20H19F2N3O3/c1-27-20(26)13-3-5-18-17(7-13)24-19-11-28-10-14(25(18)19)9-23-8-12-2-4-15(21)16(22)6-12/h2-7,14,23H,8-11H2,1H3/t14-/m0/s1. The fraction of sp³-hybridized carbons (Fsp3) is 0.300. The van der Waals surface area contributed by atoms with Crippen molar-refractivity contribution in [2.24, 2.45) is 0 Å². The molecular weight excluding hydrogens is 368 g/mol. The number of methoxy groups -OCH3 is 1.